The lowest BCUT2D eigenvalue weighted by atomic mass is 10.2. The van der Waals surface area contributed by atoms with Gasteiger partial charge in [0, 0.05) is 46.9 Å². The molecule has 2 heterocycles. The van der Waals surface area contributed by atoms with Crippen LogP contribution in [-0.2, 0) is 4.79 Å². The van der Waals surface area contributed by atoms with Crippen molar-refractivity contribution in [3.05, 3.63) is 30.0 Å². The summed E-state index contributed by atoms with van der Waals surface area (Å²) in [6, 6.07) is 8.38. The molecule has 0 spiro atoms. The van der Waals surface area contributed by atoms with Crippen molar-refractivity contribution >= 4 is 28.6 Å². The number of benzene rings is 1. The summed E-state index contributed by atoms with van der Waals surface area (Å²) >= 11 is 1.82. The predicted molar refractivity (Wildman–Crippen MR) is 94.8 cm³/mol. The van der Waals surface area contributed by atoms with E-state index in [4.69, 9.17) is 0 Å². The number of thioether (sulfide) groups is 1. The topological polar surface area (TPSA) is 48.1 Å². The zero-order chi connectivity index (χ0) is 15.8. The molecule has 2 unspecified atom stereocenters. The summed E-state index contributed by atoms with van der Waals surface area (Å²) in [5.74, 6) is 2.86. The molecular formula is C18H23N3OS. The van der Waals surface area contributed by atoms with Crippen LogP contribution in [0.3, 0.4) is 0 Å². The number of aromatic amines is 1. The number of piperidine rings is 1. The maximum atomic E-state index is 12.0. The van der Waals surface area contributed by atoms with E-state index in [0.29, 0.717) is 6.54 Å². The Morgan fingerprint density at radius 3 is 2.96 bits per heavy atom. The quantitative estimate of drug-likeness (QED) is 0.633. The van der Waals surface area contributed by atoms with Gasteiger partial charge in [-0.2, -0.15) is 0 Å². The van der Waals surface area contributed by atoms with Crippen molar-refractivity contribution in [2.24, 2.45) is 11.8 Å². The zero-order valence-corrected chi connectivity index (χ0v) is 14.3. The first-order valence-corrected chi connectivity index (χ1v) is 9.38. The molecule has 1 saturated carbocycles. The van der Waals surface area contributed by atoms with Gasteiger partial charge in [0.25, 0.3) is 0 Å². The largest absolute Gasteiger partial charge is 0.358 e. The Labute approximate surface area is 141 Å². The Hall–Kier alpha value is -1.46. The SMILES string of the molecule is Cc1[nH]c2ccccc2c1SCCNC(=O)CN1CC2CC2C1. The fraction of sp³-hybridized carbons (Fsp3) is 0.500. The van der Waals surface area contributed by atoms with Gasteiger partial charge >= 0.3 is 0 Å². The van der Waals surface area contributed by atoms with E-state index in [1.165, 1.54) is 27.9 Å². The first kappa shape index (κ1) is 15.1. The highest BCUT2D eigenvalue weighted by molar-refractivity contribution is 7.99. The van der Waals surface area contributed by atoms with Gasteiger partial charge < -0.3 is 10.3 Å². The van der Waals surface area contributed by atoms with E-state index >= 15 is 0 Å². The van der Waals surface area contributed by atoms with E-state index in [2.05, 4.69) is 46.4 Å². The molecule has 1 aliphatic heterocycles. The first-order valence-electron chi connectivity index (χ1n) is 8.40. The summed E-state index contributed by atoms with van der Waals surface area (Å²) in [6.45, 7) is 5.66. The molecule has 122 valence electrons. The number of carbonyl (C=O) groups is 1. The van der Waals surface area contributed by atoms with Gasteiger partial charge in [-0.05, 0) is 31.2 Å². The van der Waals surface area contributed by atoms with Crippen molar-refractivity contribution in [2.45, 2.75) is 18.2 Å². The molecule has 5 heteroatoms. The lowest BCUT2D eigenvalue weighted by Gasteiger charge is -2.16. The molecule has 4 rings (SSSR count). The average molecular weight is 329 g/mol. The second-order valence-corrected chi connectivity index (χ2v) is 7.88. The highest BCUT2D eigenvalue weighted by atomic mass is 32.2. The molecule has 4 nitrogen and oxygen atoms in total. The monoisotopic (exact) mass is 329 g/mol. The number of fused-ring (bicyclic) bond motifs is 2. The number of hydrogen-bond acceptors (Lipinski definition) is 3. The molecule has 1 amide bonds. The van der Waals surface area contributed by atoms with Gasteiger partial charge in [0.05, 0.1) is 6.54 Å². The number of amides is 1. The van der Waals surface area contributed by atoms with Gasteiger partial charge in [-0.25, -0.2) is 0 Å². The van der Waals surface area contributed by atoms with E-state index < -0.39 is 0 Å². The smallest absolute Gasteiger partial charge is 0.234 e. The summed E-state index contributed by atoms with van der Waals surface area (Å²) in [4.78, 5) is 19.0. The molecule has 23 heavy (non-hydrogen) atoms. The summed E-state index contributed by atoms with van der Waals surface area (Å²) in [7, 11) is 0. The van der Waals surface area contributed by atoms with Crippen LogP contribution in [0.15, 0.2) is 29.2 Å². The molecule has 1 aromatic carbocycles. The lowest BCUT2D eigenvalue weighted by molar-refractivity contribution is -0.122. The van der Waals surface area contributed by atoms with Crippen LogP contribution < -0.4 is 5.32 Å². The molecule has 2 atom stereocenters. The van der Waals surface area contributed by atoms with E-state index in [1.54, 1.807) is 0 Å². The summed E-state index contributed by atoms with van der Waals surface area (Å²) < 4.78 is 0. The number of nitrogens with zero attached hydrogens (tertiary/aromatic N) is 1. The molecule has 0 bridgehead atoms. The number of para-hydroxylation sites is 1. The van der Waals surface area contributed by atoms with Crippen LogP contribution in [0.2, 0.25) is 0 Å². The summed E-state index contributed by atoms with van der Waals surface area (Å²) in [6.07, 6.45) is 1.39. The van der Waals surface area contributed by atoms with Crippen LogP contribution in [0, 0.1) is 18.8 Å². The van der Waals surface area contributed by atoms with Gasteiger partial charge in [0.2, 0.25) is 5.91 Å². The predicted octanol–water partition coefficient (Wildman–Crippen LogP) is 2.64. The van der Waals surface area contributed by atoms with Gasteiger partial charge in [-0.1, -0.05) is 18.2 Å². The zero-order valence-electron chi connectivity index (χ0n) is 13.5. The van der Waals surface area contributed by atoms with E-state index in [0.717, 1.165) is 37.2 Å². The molecule has 1 aliphatic carbocycles. The number of carbonyl (C=O) groups excluding carboxylic acids is 1. The van der Waals surface area contributed by atoms with Crippen molar-refractivity contribution in [1.29, 1.82) is 0 Å². The standard InChI is InChI=1S/C18H23N3OS/c1-12-18(15-4-2-3-5-16(15)20-12)23-7-6-19-17(22)11-21-9-13-8-14(13)10-21/h2-5,13-14,20H,6-11H2,1H3,(H,19,22). The number of rotatable bonds is 6. The number of nitrogens with one attached hydrogen (secondary N) is 2. The number of hydrogen-bond donors (Lipinski definition) is 2. The second kappa shape index (κ2) is 6.21. The van der Waals surface area contributed by atoms with Crippen molar-refractivity contribution in [3.8, 4) is 0 Å². The minimum Gasteiger partial charge on any atom is -0.358 e. The summed E-state index contributed by atoms with van der Waals surface area (Å²) in [5.41, 5.74) is 2.39. The maximum Gasteiger partial charge on any atom is 0.234 e. The molecule has 2 aliphatic rings. The Bertz CT molecular complexity index is 716. The van der Waals surface area contributed by atoms with Crippen molar-refractivity contribution in [2.75, 3.05) is 31.9 Å². The fourth-order valence-electron chi connectivity index (χ4n) is 3.66. The van der Waals surface area contributed by atoms with Crippen molar-refractivity contribution < 1.29 is 4.79 Å². The van der Waals surface area contributed by atoms with Gasteiger partial charge in [-0.3, -0.25) is 9.69 Å². The number of H-pyrrole nitrogens is 1. The molecule has 1 aromatic heterocycles. The molecule has 1 saturated heterocycles. The summed E-state index contributed by atoms with van der Waals surface area (Å²) in [5, 5.41) is 4.33. The maximum absolute atomic E-state index is 12.0. The highest BCUT2D eigenvalue weighted by Crippen LogP contribution is 2.44. The van der Waals surface area contributed by atoms with E-state index in [1.807, 2.05) is 11.8 Å². The van der Waals surface area contributed by atoms with Crippen LogP contribution in [0.25, 0.3) is 10.9 Å². The Morgan fingerprint density at radius 2 is 2.13 bits per heavy atom. The third-order valence-electron chi connectivity index (χ3n) is 4.93. The Kier molecular flexibility index (Phi) is 4.07. The van der Waals surface area contributed by atoms with Gasteiger partial charge in [-0.15, -0.1) is 11.8 Å². The van der Waals surface area contributed by atoms with Gasteiger partial charge in [0.1, 0.15) is 0 Å². The second-order valence-electron chi connectivity index (χ2n) is 6.77. The molecular weight excluding hydrogens is 306 g/mol. The van der Waals surface area contributed by atoms with Crippen LogP contribution in [0.5, 0.6) is 0 Å². The lowest BCUT2D eigenvalue weighted by Crippen LogP contribution is -2.37. The van der Waals surface area contributed by atoms with E-state index in [9.17, 15) is 4.79 Å². The van der Waals surface area contributed by atoms with Crippen LogP contribution >= 0.6 is 11.8 Å². The van der Waals surface area contributed by atoms with Crippen molar-refractivity contribution in [1.82, 2.24) is 15.2 Å². The number of aromatic nitrogens is 1. The fourth-order valence-corrected chi connectivity index (χ4v) is 4.67. The normalized spacial score (nSPS) is 23.2. The minimum atomic E-state index is 0.169. The molecule has 0 radical (unpaired) electrons. The third kappa shape index (κ3) is 3.26. The molecule has 2 N–H and O–H groups in total. The van der Waals surface area contributed by atoms with Crippen molar-refractivity contribution in [3.63, 3.8) is 0 Å². The average Bonchev–Trinajstić information content (AvgIpc) is 3.00. The molecule has 2 fully saturated rings. The van der Waals surface area contributed by atoms with Gasteiger partial charge in [0.15, 0.2) is 0 Å². The Morgan fingerprint density at radius 1 is 1.35 bits per heavy atom. The van der Waals surface area contributed by atoms with Crippen LogP contribution in [0.4, 0.5) is 0 Å². The number of aryl methyl sites for hydroxylation is 1. The first-order chi connectivity index (χ1) is 11.2. The van der Waals surface area contributed by atoms with Crippen LogP contribution in [-0.4, -0.2) is 47.7 Å². The minimum absolute atomic E-state index is 0.169. The molecule has 2 aromatic rings. The van der Waals surface area contributed by atoms with E-state index in [-0.39, 0.29) is 5.91 Å². The van der Waals surface area contributed by atoms with Crippen LogP contribution in [0.1, 0.15) is 12.1 Å². The Balaban J connectivity index is 1.23. The third-order valence-corrected chi connectivity index (χ3v) is 6.15. The highest BCUT2D eigenvalue weighted by Gasteiger charge is 2.45. The number of likely N-dealkylation sites (tertiary alicyclic amines) is 1.